The fraction of sp³-hybridized carbons (Fsp3) is 0.609. The largest absolute Gasteiger partial charge is 0.411 e. The molecule has 0 saturated heterocycles. The van der Waals surface area contributed by atoms with Crippen LogP contribution >= 0.6 is 11.8 Å². The zero-order valence-electron chi connectivity index (χ0n) is 18.7. The van der Waals surface area contributed by atoms with Gasteiger partial charge in [-0.1, -0.05) is 38.5 Å². The van der Waals surface area contributed by atoms with E-state index < -0.39 is 0 Å². The van der Waals surface area contributed by atoms with Crippen molar-refractivity contribution in [3.8, 4) is 11.5 Å². The number of nitrogens with zero attached hydrogens (tertiary/aromatic N) is 3. The van der Waals surface area contributed by atoms with Crippen molar-refractivity contribution in [1.29, 1.82) is 0 Å². The van der Waals surface area contributed by atoms with E-state index in [1.54, 1.807) is 0 Å². The molecule has 0 radical (unpaired) electrons. The molecule has 1 saturated carbocycles. The molecular formula is C23H34N4O2S. The van der Waals surface area contributed by atoms with Gasteiger partial charge >= 0.3 is 0 Å². The van der Waals surface area contributed by atoms with Crippen molar-refractivity contribution in [3.63, 3.8) is 0 Å². The van der Waals surface area contributed by atoms with E-state index in [-0.39, 0.29) is 17.2 Å². The Balaban J connectivity index is 1.58. The number of aromatic nitrogens is 2. The average molecular weight is 431 g/mol. The fourth-order valence-electron chi connectivity index (χ4n) is 4.07. The van der Waals surface area contributed by atoms with Gasteiger partial charge in [-0.05, 0) is 63.3 Å². The Kier molecular flexibility index (Phi) is 7.81. The third-order valence-corrected chi connectivity index (χ3v) is 7.26. The van der Waals surface area contributed by atoms with Crippen molar-refractivity contribution in [2.75, 3.05) is 18.0 Å². The molecule has 1 aliphatic carbocycles. The minimum atomic E-state index is -0.284. The van der Waals surface area contributed by atoms with E-state index in [4.69, 9.17) is 4.42 Å². The number of anilines is 1. The standard InChI is InChI=1S/C23H34N4O2S/c1-6-27(7-2)19-13-11-18(12-14-19)22-25-26-23(29-22)30-17(5)21(28)24-20-10-8-9-15(3)16(20)4/h11-17,20H,6-10H2,1-5H3,(H,24,28)/t15-,16-,17+,20-/m0/s1. The summed E-state index contributed by atoms with van der Waals surface area (Å²) in [5.41, 5.74) is 2.06. The predicted molar refractivity (Wildman–Crippen MR) is 123 cm³/mol. The molecule has 1 N–H and O–H groups in total. The van der Waals surface area contributed by atoms with Crippen LogP contribution in [0.15, 0.2) is 33.9 Å². The van der Waals surface area contributed by atoms with Gasteiger partial charge in [-0.3, -0.25) is 4.79 Å². The Morgan fingerprint density at radius 1 is 1.20 bits per heavy atom. The number of nitrogens with one attached hydrogen (secondary N) is 1. The number of carbonyl (C=O) groups is 1. The number of amides is 1. The van der Waals surface area contributed by atoms with Gasteiger partial charge in [-0.2, -0.15) is 0 Å². The number of benzene rings is 1. The predicted octanol–water partition coefficient (Wildman–Crippen LogP) is 5.00. The first-order valence-electron chi connectivity index (χ1n) is 11.1. The Morgan fingerprint density at radius 3 is 2.57 bits per heavy atom. The molecule has 0 aliphatic heterocycles. The summed E-state index contributed by atoms with van der Waals surface area (Å²) in [6.07, 6.45) is 3.49. The second-order valence-electron chi connectivity index (χ2n) is 8.23. The van der Waals surface area contributed by atoms with Crippen LogP contribution in [-0.4, -0.2) is 40.5 Å². The topological polar surface area (TPSA) is 71.3 Å². The monoisotopic (exact) mass is 430 g/mol. The Bertz CT molecular complexity index is 819. The minimum Gasteiger partial charge on any atom is -0.411 e. The summed E-state index contributed by atoms with van der Waals surface area (Å²) in [5, 5.41) is 11.7. The van der Waals surface area contributed by atoms with Crippen LogP contribution in [0.5, 0.6) is 0 Å². The first-order valence-corrected chi connectivity index (χ1v) is 12.0. The van der Waals surface area contributed by atoms with Crippen molar-refractivity contribution >= 4 is 23.4 Å². The van der Waals surface area contributed by atoms with Crippen LogP contribution in [0.25, 0.3) is 11.5 Å². The molecule has 1 amide bonds. The van der Waals surface area contributed by atoms with E-state index in [1.807, 2.05) is 19.1 Å². The molecular weight excluding hydrogens is 396 g/mol. The van der Waals surface area contributed by atoms with E-state index >= 15 is 0 Å². The summed E-state index contributed by atoms with van der Waals surface area (Å²) in [5.74, 6) is 1.67. The van der Waals surface area contributed by atoms with Crippen LogP contribution in [0.3, 0.4) is 0 Å². The van der Waals surface area contributed by atoms with Gasteiger partial charge in [0.1, 0.15) is 0 Å². The third-order valence-electron chi connectivity index (χ3n) is 6.33. The molecule has 1 heterocycles. The quantitative estimate of drug-likeness (QED) is 0.594. The van der Waals surface area contributed by atoms with Gasteiger partial charge in [0, 0.05) is 30.4 Å². The Labute approximate surface area is 184 Å². The summed E-state index contributed by atoms with van der Waals surface area (Å²) in [4.78, 5) is 15.0. The Hall–Kier alpha value is -2.02. The van der Waals surface area contributed by atoms with Crippen molar-refractivity contribution < 1.29 is 9.21 Å². The minimum absolute atomic E-state index is 0.0364. The molecule has 1 aromatic heterocycles. The molecule has 164 valence electrons. The van der Waals surface area contributed by atoms with Crippen LogP contribution in [0.2, 0.25) is 0 Å². The summed E-state index contributed by atoms with van der Waals surface area (Å²) in [7, 11) is 0. The number of carbonyl (C=O) groups excluding carboxylic acids is 1. The lowest BCUT2D eigenvalue weighted by molar-refractivity contribution is -0.121. The zero-order chi connectivity index (χ0) is 21.7. The van der Waals surface area contributed by atoms with Crippen LogP contribution < -0.4 is 10.2 Å². The highest BCUT2D eigenvalue weighted by molar-refractivity contribution is 8.00. The Morgan fingerprint density at radius 2 is 1.90 bits per heavy atom. The maximum Gasteiger partial charge on any atom is 0.277 e. The maximum absolute atomic E-state index is 12.7. The van der Waals surface area contributed by atoms with Crippen molar-refractivity contribution in [2.45, 2.75) is 70.4 Å². The highest BCUT2D eigenvalue weighted by Crippen LogP contribution is 2.31. The lowest BCUT2D eigenvalue weighted by Gasteiger charge is -2.35. The fourth-order valence-corrected chi connectivity index (χ4v) is 4.76. The molecule has 1 aliphatic rings. The van der Waals surface area contributed by atoms with Gasteiger partial charge < -0.3 is 14.6 Å². The van der Waals surface area contributed by atoms with Crippen LogP contribution in [-0.2, 0) is 4.79 Å². The van der Waals surface area contributed by atoms with Gasteiger partial charge in [0.2, 0.25) is 11.8 Å². The molecule has 1 aromatic carbocycles. The summed E-state index contributed by atoms with van der Waals surface area (Å²) < 4.78 is 5.82. The smallest absolute Gasteiger partial charge is 0.277 e. The number of hydrogen-bond donors (Lipinski definition) is 1. The molecule has 0 spiro atoms. The van der Waals surface area contributed by atoms with Crippen molar-refractivity contribution in [2.24, 2.45) is 11.8 Å². The van der Waals surface area contributed by atoms with Gasteiger partial charge in [0.05, 0.1) is 5.25 Å². The highest BCUT2D eigenvalue weighted by atomic mass is 32.2. The van der Waals surface area contributed by atoms with Gasteiger partial charge in [-0.25, -0.2) is 0 Å². The van der Waals surface area contributed by atoms with E-state index in [9.17, 15) is 4.79 Å². The summed E-state index contributed by atoms with van der Waals surface area (Å²) in [6.45, 7) is 12.6. The SMILES string of the molecule is CCN(CC)c1ccc(-c2nnc(S[C@H](C)C(=O)N[C@H]3CCC[C@H](C)[C@@H]3C)o2)cc1. The van der Waals surface area contributed by atoms with Gasteiger partial charge in [-0.15, -0.1) is 10.2 Å². The van der Waals surface area contributed by atoms with E-state index in [1.165, 1.54) is 30.3 Å². The first-order chi connectivity index (χ1) is 14.4. The van der Waals surface area contributed by atoms with Gasteiger partial charge in [0.15, 0.2) is 0 Å². The molecule has 1 fully saturated rings. The first kappa shape index (κ1) is 22.7. The molecule has 30 heavy (non-hydrogen) atoms. The average Bonchev–Trinajstić information content (AvgIpc) is 3.21. The number of rotatable bonds is 8. The maximum atomic E-state index is 12.7. The van der Waals surface area contributed by atoms with Crippen molar-refractivity contribution in [1.82, 2.24) is 15.5 Å². The molecule has 3 rings (SSSR count). The van der Waals surface area contributed by atoms with Crippen molar-refractivity contribution in [3.05, 3.63) is 24.3 Å². The molecule has 0 bridgehead atoms. The van der Waals surface area contributed by atoms with E-state index in [2.05, 4.69) is 60.2 Å². The summed E-state index contributed by atoms with van der Waals surface area (Å²) >= 11 is 1.31. The summed E-state index contributed by atoms with van der Waals surface area (Å²) in [6, 6.07) is 8.39. The molecule has 6 nitrogen and oxygen atoms in total. The lowest BCUT2D eigenvalue weighted by Crippen LogP contribution is -2.46. The zero-order valence-corrected chi connectivity index (χ0v) is 19.5. The normalized spacial score (nSPS) is 22.5. The van der Waals surface area contributed by atoms with Crippen LogP contribution in [0.1, 0.15) is 53.9 Å². The van der Waals surface area contributed by atoms with Crippen LogP contribution in [0, 0.1) is 11.8 Å². The van der Waals surface area contributed by atoms with E-state index in [0.29, 0.717) is 22.9 Å². The second-order valence-corrected chi connectivity index (χ2v) is 9.53. The lowest BCUT2D eigenvalue weighted by atomic mass is 9.78. The molecule has 2 aromatic rings. The molecule has 0 unspecified atom stereocenters. The number of hydrogen-bond acceptors (Lipinski definition) is 6. The third kappa shape index (κ3) is 5.36. The van der Waals surface area contributed by atoms with Crippen LogP contribution in [0.4, 0.5) is 5.69 Å². The van der Waals surface area contributed by atoms with E-state index in [0.717, 1.165) is 25.1 Å². The molecule has 7 heteroatoms. The van der Waals surface area contributed by atoms with Gasteiger partial charge in [0.25, 0.3) is 5.22 Å². The number of thioether (sulfide) groups is 1. The highest BCUT2D eigenvalue weighted by Gasteiger charge is 2.30. The second kappa shape index (κ2) is 10.3. The molecule has 4 atom stereocenters.